The van der Waals surface area contributed by atoms with Gasteiger partial charge in [-0.3, -0.25) is 0 Å². The van der Waals surface area contributed by atoms with E-state index in [1.54, 1.807) is 0 Å². The lowest BCUT2D eigenvalue weighted by molar-refractivity contribution is -0.142. The Morgan fingerprint density at radius 2 is 2.12 bits per heavy atom. The van der Waals surface area contributed by atoms with Gasteiger partial charge in [0.25, 0.3) is 0 Å². The number of cyclic esters (lactones) is 1. The van der Waals surface area contributed by atoms with E-state index in [0.717, 1.165) is 5.56 Å². The number of benzene rings is 1. The predicted molar refractivity (Wildman–Crippen MR) is 64.2 cm³/mol. The molecule has 0 aliphatic carbocycles. The van der Waals surface area contributed by atoms with E-state index in [2.05, 4.69) is 0 Å². The molecule has 1 fully saturated rings. The molecule has 1 aromatic carbocycles. The fourth-order valence-corrected chi connectivity index (χ4v) is 1.91. The summed E-state index contributed by atoms with van der Waals surface area (Å²) < 4.78 is 5.07. The van der Waals surface area contributed by atoms with Crippen LogP contribution in [0.5, 0.6) is 0 Å². The Hall–Kier alpha value is -1.28. The van der Waals surface area contributed by atoms with Gasteiger partial charge in [0.15, 0.2) is 0 Å². The van der Waals surface area contributed by atoms with Crippen molar-refractivity contribution in [2.75, 3.05) is 12.5 Å². The van der Waals surface area contributed by atoms with E-state index in [4.69, 9.17) is 16.3 Å². The van der Waals surface area contributed by atoms with E-state index in [9.17, 15) is 4.79 Å². The highest BCUT2D eigenvalue weighted by Gasteiger charge is 2.23. The van der Waals surface area contributed by atoms with Crippen LogP contribution in [-0.2, 0) is 9.53 Å². The minimum absolute atomic E-state index is 0.217. The Balaban J connectivity index is 2.18. The number of hydrogen-bond acceptors (Lipinski definition) is 2. The smallest absolute Gasteiger partial charge is 0.334 e. The summed E-state index contributed by atoms with van der Waals surface area (Å²) in [5, 5.41) is 0. The van der Waals surface area contributed by atoms with Gasteiger partial charge in [-0.2, -0.15) is 0 Å². The van der Waals surface area contributed by atoms with Gasteiger partial charge < -0.3 is 4.74 Å². The summed E-state index contributed by atoms with van der Waals surface area (Å²) in [4.78, 5) is 11.5. The molecule has 0 amide bonds. The lowest BCUT2D eigenvalue weighted by Gasteiger charge is -2.21. The standard InChI is InChI=1S/C13H13ClO2/c14-8-11-7-12(13(15)16-9-11)6-10-4-2-1-3-5-10/h1-6,11H,7-9H2/b12-6+. The molecule has 0 N–H and O–H groups in total. The molecule has 1 aliphatic rings. The Morgan fingerprint density at radius 3 is 2.81 bits per heavy atom. The second-order valence-corrected chi connectivity index (χ2v) is 4.21. The first kappa shape index (κ1) is 11.2. The van der Waals surface area contributed by atoms with Crippen LogP contribution < -0.4 is 0 Å². The number of rotatable bonds is 2. The maximum absolute atomic E-state index is 11.5. The molecule has 1 unspecified atom stereocenters. The first-order chi connectivity index (χ1) is 7.79. The quantitative estimate of drug-likeness (QED) is 0.448. The topological polar surface area (TPSA) is 26.3 Å². The van der Waals surface area contributed by atoms with Gasteiger partial charge in [-0.05, 0) is 18.1 Å². The summed E-state index contributed by atoms with van der Waals surface area (Å²) in [6.07, 6.45) is 2.58. The Labute approximate surface area is 99.9 Å². The average Bonchev–Trinajstić information content (AvgIpc) is 2.33. The molecule has 0 aromatic heterocycles. The Bertz CT molecular complexity index is 398. The molecule has 1 aromatic rings. The molecule has 1 heterocycles. The molecule has 16 heavy (non-hydrogen) atoms. The molecule has 1 saturated heterocycles. The van der Waals surface area contributed by atoms with Crippen LogP contribution in [0.3, 0.4) is 0 Å². The van der Waals surface area contributed by atoms with Crippen LogP contribution in [0.25, 0.3) is 6.08 Å². The molecule has 2 rings (SSSR count). The van der Waals surface area contributed by atoms with Crippen molar-refractivity contribution in [1.82, 2.24) is 0 Å². The van der Waals surface area contributed by atoms with Crippen molar-refractivity contribution in [2.45, 2.75) is 6.42 Å². The molecule has 0 saturated carbocycles. The lowest BCUT2D eigenvalue weighted by Crippen LogP contribution is -2.25. The van der Waals surface area contributed by atoms with Crippen molar-refractivity contribution >= 4 is 23.6 Å². The fraction of sp³-hybridized carbons (Fsp3) is 0.308. The maximum Gasteiger partial charge on any atom is 0.334 e. The molecular formula is C13H13ClO2. The third-order valence-corrected chi connectivity index (χ3v) is 3.02. The summed E-state index contributed by atoms with van der Waals surface area (Å²) >= 11 is 5.78. The van der Waals surface area contributed by atoms with E-state index < -0.39 is 0 Å². The summed E-state index contributed by atoms with van der Waals surface area (Å²) in [5.74, 6) is 0.555. The van der Waals surface area contributed by atoms with Crippen molar-refractivity contribution < 1.29 is 9.53 Å². The van der Waals surface area contributed by atoms with E-state index in [0.29, 0.717) is 24.5 Å². The number of carbonyl (C=O) groups excluding carboxylic acids is 1. The van der Waals surface area contributed by atoms with Gasteiger partial charge in [0.05, 0.1) is 6.61 Å². The summed E-state index contributed by atoms with van der Waals surface area (Å²) in [6.45, 7) is 0.439. The first-order valence-corrected chi connectivity index (χ1v) is 5.82. The highest BCUT2D eigenvalue weighted by atomic mass is 35.5. The number of carbonyl (C=O) groups is 1. The predicted octanol–water partition coefficient (Wildman–Crippen LogP) is 2.87. The summed E-state index contributed by atoms with van der Waals surface area (Å²) in [7, 11) is 0. The van der Waals surface area contributed by atoms with Crippen LogP contribution in [-0.4, -0.2) is 18.5 Å². The van der Waals surface area contributed by atoms with Crippen LogP contribution in [0.2, 0.25) is 0 Å². The zero-order valence-corrected chi connectivity index (χ0v) is 9.61. The zero-order chi connectivity index (χ0) is 11.4. The fourth-order valence-electron chi connectivity index (χ4n) is 1.71. The van der Waals surface area contributed by atoms with Gasteiger partial charge in [0.2, 0.25) is 0 Å². The molecule has 1 aliphatic heterocycles. The minimum atomic E-state index is -0.217. The molecule has 3 heteroatoms. The number of esters is 1. The third kappa shape index (κ3) is 2.64. The highest BCUT2D eigenvalue weighted by molar-refractivity contribution is 6.18. The number of ether oxygens (including phenoxy) is 1. The van der Waals surface area contributed by atoms with Crippen molar-refractivity contribution in [3.8, 4) is 0 Å². The number of halogens is 1. The van der Waals surface area contributed by atoms with E-state index in [1.165, 1.54) is 0 Å². The van der Waals surface area contributed by atoms with Crippen LogP contribution in [0, 0.1) is 5.92 Å². The van der Waals surface area contributed by atoms with Crippen molar-refractivity contribution in [3.63, 3.8) is 0 Å². The Kier molecular flexibility index (Phi) is 3.62. The normalized spacial score (nSPS) is 23.2. The van der Waals surface area contributed by atoms with Crippen LogP contribution >= 0.6 is 11.6 Å². The van der Waals surface area contributed by atoms with Gasteiger partial charge in [0, 0.05) is 17.4 Å². The molecule has 0 spiro atoms. The summed E-state index contributed by atoms with van der Waals surface area (Å²) in [5.41, 5.74) is 1.73. The van der Waals surface area contributed by atoms with Gasteiger partial charge in [-0.15, -0.1) is 11.6 Å². The largest absolute Gasteiger partial charge is 0.462 e. The van der Waals surface area contributed by atoms with Crippen LogP contribution in [0.4, 0.5) is 0 Å². The van der Waals surface area contributed by atoms with Crippen LogP contribution in [0.1, 0.15) is 12.0 Å². The highest BCUT2D eigenvalue weighted by Crippen LogP contribution is 2.23. The van der Waals surface area contributed by atoms with Crippen molar-refractivity contribution in [3.05, 3.63) is 41.5 Å². The average molecular weight is 237 g/mol. The molecule has 84 valence electrons. The lowest BCUT2D eigenvalue weighted by atomic mass is 9.97. The molecule has 2 nitrogen and oxygen atoms in total. The van der Waals surface area contributed by atoms with Gasteiger partial charge in [-0.1, -0.05) is 30.3 Å². The van der Waals surface area contributed by atoms with Crippen molar-refractivity contribution in [2.24, 2.45) is 5.92 Å². The summed E-state index contributed by atoms with van der Waals surface area (Å²) in [6, 6.07) is 9.76. The molecule has 0 radical (unpaired) electrons. The van der Waals surface area contributed by atoms with Crippen molar-refractivity contribution in [1.29, 1.82) is 0 Å². The SMILES string of the molecule is O=C1OCC(CCl)C/C1=C\c1ccccc1. The first-order valence-electron chi connectivity index (χ1n) is 5.28. The monoisotopic (exact) mass is 236 g/mol. The van der Waals surface area contributed by atoms with E-state index >= 15 is 0 Å². The Morgan fingerprint density at radius 1 is 1.38 bits per heavy atom. The van der Waals surface area contributed by atoms with Gasteiger partial charge in [0.1, 0.15) is 0 Å². The van der Waals surface area contributed by atoms with Gasteiger partial charge >= 0.3 is 5.97 Å². The van der Waals surface area contributed by atoms with E-state index in [1.807, 2.05) is 36.4 Å². The molecule has 0 bridgehead atoms. The number of hydrogen-bond donors (Lipinski definition) is 0. The van der Waals surface area contributed by atoms with E-state index in [-0.39, 0.29) is 11.9 Å². The second-order valence-electron chi connectivity index (χ2n) is 3.90. The molecular weight excluding hydrogens is 224 g/mol. The maximum atomic E-state index is 11.5. The van der Waals surface area contributed by atoms with Crippen LogP contribution in [0.15, 0.2) is 35.9 Å². The third-order valence-electron chi connectivity index (χ3n) is 2.58. The second kappa shape index (κ2) is 5.17. The minimum Gasteiger partial charge on any atom is -0.462 e. The zero-order valence-electron chi connectivity index (χ0n) is 8.86. The number of alkyl halides is 1. The van der Waals surface area contributed by atoms with Gasteiger partial charge in [-0.25, -0.2) is 4.79 Å². The molecule has 1 atom stereocenters.